The third kappa shape index (κ3) is 3.54. The van der Waals surface area contributed by atoms with Gasteiger partial charge in [0, 0.05) is 18.1 Å². The van der Waals surface area contributed by atoms with E-state index in [4.69, 9.17) is 0 Å². The molecule has 4 nitrogen and oxygen atoms in total. The molecule has 2 N–H and O–H groups in total. The summed E-state index contributed by atoms with van der Waals surface area (Å²) in [7, 11) is 1.82. The lowest BCUT2D eigenvalue weighted by Crippen LogP contribution is -2.15. The molecule has 19 heavy (non-hydrogen) atoms. The molecular formula is C14H17N3OS. The summed E-state index contributed by atoms with van der Waals surface area (Å²) < 4.78 is 0. The van der Waals surface area contributed by atoms with E-state index in [9.17, 15) is 4.79 Å². The largest absolute Gasteiger partial charge is 0.365 e. The van der Waals surface area contributed by atoms with Crippen LogP contribution in [0.2, 0.25) is 0 Å². The quantitative estimate of drug-likeness (QED) is 0.902. The molecule has 0 aliphatic heterocycles. The van der Waals surface area contributed by atoms with Crippen LogP contribution in [0.4, 0.5) is 10.8 Å². The maximum atomic E-state index is 12.0. The van der Waals surface area contributed by atoms with Crippen molar-refractivity contribution >= 4 is 28.1 Å². The van der Waals surface area contributed by atoms with E-state index in [0.29, 0.717) is 6.42 Å². The van der Waals surface area contributed by atoms with Gasteiger partial charge in [0.05, 0.1) is 12.1 Å². The van der Waals surface area contributed by atoms with Crippen LogP contribution in [0.1, 0.15) is 16.8 Å². The molecule has 1 heterocycles. The number of benzene rings is 1. The van der Waals surface area contributed by atoms with Gasteiger partial charge in [0.15, 0.2) is 5.13 Å². The highest BCUT2D eigenvalue weighted by atomic mass is 32.1. The van der Waals surface area contributed by atoms with Crippen molar-refractivity contribution in [2.75, 3.05) is 17.7 Å². The van der Waals surface area contributed by atoms with Crippen molar-refractivity contribution in [1.82, 2.24) is 4.98 Å². The lowest BCUT2D eigenvalue weighted by molar-refractivity contribution is -0.115. The van der Waals surface area contributed by atoms with Crippen LogP contribution in [-0.2, 0) is 11.2 Å². The molecule has 0 saturated heterocycles. The fourth-order valence-electron chi connectivity index (χ4n) is 1.73. The fraction of sp³-hybridized carbons (Fsp3) is 0.286. The van der Waals surface area contributed by atoms with Gasteiger partial charge in [-0.15, -0.1) is 11.3 Å². The van der Waals surface area contributed by atoms with Gasteiger partial charge in [-0.2, -0.15) is 0 Å². The van der Waals surface area contributed by atoms with Gasteiger partial charge in [-0.3, -0.25) is 4.79 Å². The number of nitrogens with zero attached hydrogens (tertiary/aromatic N) is 1. The number of rotatable bonds is 4. The Kier molecular flexibility index (Phi) is 4.16. The third-order valence-electron chi connectivity index (χ3n) is 2.77. The molecule has 1 aromatic heterocycles. The second-order valence-electron chi connectivity index (χ2n) is 4.44. The highest BCUT2D eigenvalue weighted by molar-refractivity contribution is 7.13. The second kappa shape index (κ2) is 5.84. The number of hydrogen-bond donors (Lipinski definition) is 2. The van der Waals surface area contributed by atoms with E-state index in [1.54, 1.807) is 0 Å². The van der Waals surface area contributed by atoms with Crippen molar-refractivity contribution < 1.29 is 4.79 Å². The Labute approximate surface area is 116 Å². The maximum absolute atomic E-state index is 12.0. The Morgan fingerprint density at radius 3 is 2.84 bits per heavy atom. The first-order chi connectivity index (χ1) is 9.08. The molecule has 5 heteroatoms. The van der Waals surface area contributed by atoms with Gasteiger partial charge in [0.25, 0.3) is 0 Å². The monoisotopic (exact) mass is 275 g/mol. The Morgan fingerprint density at radius 1 is 1.37 bits per heavy atom. The van der Waals surface area contributed by atoms with Crippen molar-refractivity contribution in [3.8, 4) is 0 Å². The minimum atomic E-state index is -0.0401. The van der Waals surface area contributed by atoms with E-state index in [1.807, 2.05) is 44.5 Å². The molecular weight excluding hydrogens is 258 g/mol. The molecule has 1 aromatic carbocycles. The summed E-state index contributed by atoms with van der Waals surface area (Å²) in [6.07, 6.45) is 0.297. The zero-order chi connectivity index (χ0) is 13.8. The zero-order valence-corrected chi connectivity index (χ0v) is 12.1. The van der Waals surface area contributed by atoms with Crippen LogP contribution in [-0.4, -0.2) is 17.9 Å². The predicted molar refractivity (Wildman–Crippen MR) is 79.9 cm³/mol. The molecule has 0 aliphatic rings. The average Bonchev–Trinajstić information content (AvgIpc) is 2.81. The first kappa shape index (κ1) is 13.5. The highest BCUT2D eigenvalue weighted by Crippen LogP contribution is 2.18. The van der Waals surface area contributed by atoms with Crippen LogP contribution in [0.3, 0.4) is 0 Å². The summed E-state index contributed by atoms with van der Waals surface area (Å²) in [5, 5.41) is 8.62. The molecule has 2 aromatic rings. The average molecular weight is 275 g/mol. The Balaban J connectivity index is 2.03. The van der Waals surface area contributed by atoms with Gasteiger partial charge in [-0.05, 0) is 31.0 Å². The normalized spacial score (nSPS) is 10.3. The second-order valence-corrected chi connectivity index (χ2v) is 5.30. The van der Waals surface area contributed by atoms with Crippen LogP contribution in [0.5, 0.6) is 0 Å². The smallest absolute Gasteiger partial charge is 0.230 e. The molecule has 0 unspecified atom stereocenters. The summed E-state index contributed by atoms with van der Waals surface area (Å²) in [6, 6.07) is 6.02. The van der Waals surface area contributed by atoms with Crippen LogP contribution in [0, 0.1) is 13.8 Å². The summed E-state index contributed by atoms with van der Waals surface area (Å²) in [5.41, 5.74) is 3.85. The van der Waals surface area contributed by atoms with Crippen molar-refractivity contribution in [2.24, 2.45) is 0 Å². The van der Waals surface area contributed by atoms with Gasteiger partial charge >= 0.3 is 0 Å². The molecule has 0 atom stereocenters. The number of anilines is 2. The lowest BCUT2D eigenvalue weighted by atomic mass is 10.1. The van der Waals surface area contributed by atoms with Gasteiger partial charge in [0.2, 0.25) is 5.91 Å². The van der Waals surface area contributed by atoms with E-state index >= 15 is 0 Å². The predicted octanol–water partition coefficient (Wildman–Crippen LogP) is 2.98. The van der Waals surface area contributed by atoms with E-state index in [1.165, 1.54) is 11.3 Å². The number of aryl methyl sites for hydroxylation is 2. The summed E-state index contributed by atoms with van der Waals surface area (Å²) in [4.78, 5) is 16.3. The van der Waals surface area contributed by atoms with Crippen LogP contribution < -0.4 is 10.6 Å². The Hall–Kier alpha value is -1.88. The minimum absolute atomic E-state index is 0.0401. The number of aromatic nitrogens is 1. The van der Waals surface area contributed by atoms with Crippen molar-refractivity contribution in [3.63, 3.8) is 0 Å². The lowest BCUT2D eigenvalue weighted by Gasteiger charge is -2.08. The Morgan fingerprint density at radius 2 is 2.16 bits per heavy atom. The number of carbonyl (C=O) groups is 1. The molecule has 0 spiro atoms. The first-order valence-electron chi connectivity index (χ1n) is 6.07. The first-order valence-corrected chi connectivity index (χ1v) is 6.95. The molecule has 0 radical (unpaired) electrons. The SMILES string of the molecule is CNc1nc(CC(=O)Nc2cc(C)ccc2C)cs1. The molecule has 0 fully saturated rings. The topological polar surface area (TPSA) is 54.0 Å². The van der Waals surface area contributed by atoms with Crippen molar-refractivity contribution in [3.05, 3.63) is 40.4 Å². The fourth-order valence-corrected chi connectivity index (χ4v) is 2.40. The van der Waals surface area contributed by atoms with Crippen molar-refractivity contribution in [1.29, 1.82) is 0 Å². The Bertz CT molecular complexity index is 592. The van der Waals surface area contributed by atoms with E-state index < -0.39 is 0 Å². The van der Waals surface area contributed by atoms with E-state index in [-0.39, 0.29) is 5.91 Å². The van der Waals surface area contributed by atoms with E-state index in [0.717, 1.165) is 27.6 Å². The summed E-state index contributed by atoms with van der Waals surface area (Å²) in [5.74, 6) is -0.0401. The number of amides is 1. The zero-order valence-electron chi connectivity index (χ0n) is 11.3. The number of carbonyl (C=O) groups excluding carboxylic acids is 1. The molecule has 0 saturated carbocycles. The highest BCUT2D eigenvalue weighted by Gasteiger charge is 2.09. The van der Waals surface area contributed by atoms with Gasteiger partial charge in [0.1, 0.15) is 0 Å². The molecule has 1 amide bonds. The molecule has 100 valence electrons. The van der Waals surface area contributed by atoms with Crippen LogP contribution in [0.15, 0.2) is 23.6 Å². The summed E-state index contributed by atoms with van der Waals surface area (Å²) in [6.45, 7) is 3.99. The minimum Gasteiger partial charge on any atom is -0.365 e. The van der Waals surface area contributed by atoms with Crippen LogP contribution >= 0.6 is 11.3 Å². The third-order valence-corrected chi connectivity index (χ3v) is 3.68. The standard InChI is InChI=1S/C14H17N3OS/c1-9-4-5-10(2)12(6-9)17-13(18)7-11-8-19-14(15-3)16-11/h4-6,8H,7H2,1-3H3,(H,15,16)(H,17,18). The number of thiazole rings is 1. The van der Waals surface area contributed by atoms with Crippen LogP contribution in [0.25, 0.3) is 0 Å². The van der Waals surface area contributed by atoms with E-state index in [2.05, 4.69) is 15.6 Å². The summed E-state index contributed by atoms with van der Waals surface area (Å²) >= 11 is 1.50. The number of nitrogens with one attached hydrogen (secondary N) is 2. The molecule has 0 bridgehead atoms. The maximum Gasteiger partial charge on any atom is 0.230 e. The number of hydrogen-bond acceptors (Lipinski definition) is 4. The van der Waals surface area contributed by atoms with Gasteiger partial charge in [-0.25, -0.2) is 4.98 Å². The molecule has 2 rings (SSSR count). The van der Waals surface area contributed by atoms with Gasteiger partial charge < -0.3 is 10.6 Å². The molecule has 0 aliphatic carbocycles. The van der Waals surface area contributed by atoms with Crippen molar-refractivity contribution in [2.45, 2.75) is 20.3 Å². The van der Waals surface area contributed by atoms with Gasteiger partial charge in [-0.1, -0.05) is 12.1 Å².